The number of carbonyl (C=O) groups excluding carboxylic acids is 2. The highest BCUT2D eigenvalue weighted by atomic mass is 32.2. The van der Waals surface area contributed by atoms with Gasteiger partial charge in [0.15, 0.2) is 22.4 Å². The van der Waals surface area contributed by atoms with Crippen molar-refractivity contribution in [1.82, 2.24) is 0 Å². The molecular formula is C28H26N2O4S2. The minimum Gasteiger partial charge on any atom is -0.490 e. The maximum Gasteiger partial charge on any atom is 0.270 e. The summed E-state index contributed by atoms with van der Waals surface area (Å²) in [6, 6.07) is 20.5. The van der Waals surface area contributed by atoms with Crippen LogP contribution in [0.25, 0.3) is 6.08 Å². The van der Waals surface area contributed by atoms with Gasteiger partial charge < -0.3 is 14.8 Å². The monoisotopic (exact) mass is 518 g/mol. The molecule has 184 valence electrons. The van der Waals surface area contributed by atoms with E-state index in [-0.39, 0.29) is 18.4 Å². The first-order valence-electron chi connectivity index (χ1n) is 11.5. The molecule has 1 saturated heterocycles. The van der Waals surface area contributed by atoms with Gasteiger partial charge in [-0.3, -0.25) is 14.5 Å². The van der Waals surface area contributed by atoms with E-state index in [9.17, 15) is 9.59 Å². The zero-order valence-electron chi connectivity index (χ0n) is 20.2. The average molecular weight is 519 g/mol. The van der Waals surface area contributed by atoms with Crippen molar-refractivity contribution in [2.75, 3.05) is 23.4 Å². The van der Waals surface area contributed by atoms with Gasteiger partial charge in [0.25, 0.3) is 11.8 Å². The molecule has 0 spiro atoms. The molecule has 36 heavy (non-hydrogen) atoms. The standard InChI is InChI=1S/C28H26N2O4S2/c1-4-33-23-15-20(16-24-27(32)30(28(35)36-24)21-11-6-5-7-12-21)13-14-22(23)34-17-25(31)29-26-18(2)9-8-10-19(26)3/h5-16H,4,17H2,1-3H3,(H,29,31)/b24-16-. The summed E-state index contributed by atoms with van der Waals surface area (Å²) in [7, 11) is 0. The Morgan fingerprint density at radius 2 is 1.72 bits per heavy atom. The molecule has 8 heteroatoms. The number of hydrogen-bond acceptors (Lipinski definition) is 6. The van der Waals surface area contributed by atoms with Crippen LogP contribution in [-0.2, 0) is 9.59 Å². The SMILES string of the molecule is CCOc1cc(/C=C2\SC(=S)N(c3ccccc3)C2=O)ccc1OCC(=O)Nc1c(C)cccc1C. The van der Waals surface area contributed by atoms with Crippen molar-refractivity contribution in [2.45, 2.75) is 20.8 Å². The Hall–Kier alpha value is -3.62. The molecule has 3 aromatic rings. The predicted molar refractivity (Wildman–Crippen MR) is 150 cm³/mol. The maximum absolute atomic E-state index is 13.0. The van der Waals surface area contributed by atoms with Gasteiger partial charge in [-0.25, -0.2) is 0 Å². The number of anilines is 2. The molecule has 0 atom stereocenters. The van der Waals surface area contributed by atoms with Gasteiger partial charge in [-0.2, -0.15) is 0 Å². The highest BCUT2D eigenvalue weighted by molar-refractivity contribution is 8.27. The maximum atomic E-state index is 13.0. The third-order valence-electron chi connectivity index (χ3n) is 5.48. The topological polar surface area (TPSA) is 67.9 Å². The van der Waals surface area contributed by atoms with Crippen LogP contribution in [0.3, 0.4) is 0 Å². The molecule has 2 amide bonds. The number of thiocarbonyl (C=S) groups is 1. The van der Waals surface area contributed by atoms with Crippen molar-refractivity contribution in [3.05, 3.63) is 88.3 Å². The average Bonchev–Trinajstić information content (AvgIpc) is 3.14. The molecule has 0 aliphatic carbocycles. The minimum absolute atomic E-state index is 0.164. The molecule has 0 bridgehead atoms. The summed E-state index contributed by atoms with van der Waals surface area (Å²) >= 11 is 6.70. The molecule has 1 aliphatic rings. The van der Waals surface area contributed by atoms with Crippen molar-refractivity contribution in [3.8, 4) is 11.5 Å². The lowest BCUT2D eigenvalue weighted by Gasteiger charge is -2.14. The first-order chi connectivity index (χ1) is 17.4. The predicted octanol–water partition coefficient (Wildman–Crippen LogP) is 6.13. The molecule has 0 radical (unpaired) electrons. The summed E-state index contributed by atoms with van der Waals surface area (Å²) in [5, 5.41) is 2.92. The lowest BCUT2D eigenvalue weighted by molar-refractivity contribution is -0.118. The summed E-state index contributed by atoms with van der Waals surface area (Å²) in [4.78, 5) is 27.6. The Labute approximate surface area is 220 Å². The molecule has 6 nitrogen and oxygen atoms in total. The van der Waals surface area contributed by atoms with Crippen LogP contribution < -0.4 is 19.7 Å². The van der Waals surface area contributed by atoms with Crippen molar-refractivity contribution < 1.29 is 19.1 Å². The van der Waals surface area contributed by atoms with E-state index < -0.39 is 0 Å². The Balaban J connectivity index is 1.48. The van der Waals surface area contributed by atoms with Crippen molar-refractivity contribution >= 4 is 57.6 Å². The summed E-state index contributed by atoms with van der Waals surface area (Å²) in [5.74, 6) is 0.508. The Morgan fingerprint density at radius 3 is 2.42 bits per heavy atom. The van der Waals surface area contributed by atoms with Crippen LogP contribution in [0.2, 0.25) is 0 Å². The molecule has 4 rings (SSSR count). The van der Waals surface area contributed by atoms with Gasteiger partial charge in [0.2, 0.25) is 0 Å². The summed E-state index contributed by atoms with van der Waals surface area (Å²) in [5.41, 5.74) is 4.26. The fourth-order valence-corrected chi connectivity index (χ4v) is 5.05. The molecule has 0 unspecified atom stereocenters. The minimum atomic E-state index is -0.261. The third-order valence-corrected chi connectivity index (χ3v) is 6.78. The van der Waals surface area contributed by atoms with Gasteiger partial charge in [-0.05, 0) is 67.8 Å². The van der Waals surface area contributed by atoms with Gasteiger partial charge in [0.1, 0.15) is 0 Å². The lowest BCUT2D eigenvalue weighted by atomic mass is 10.1. The Morgan fingerprint density at radius 1 is 1.00 bits per heavy atom. The molecule has 3 aromatic carbocycles. The number of thioether (sulfide) groups is 1. The quantitative estimate of drug-likeness (QED) is 0.286. The highest BCUT2D eigenvalue weighted by Gasteiger charge is 2.33. The van der Waals surface area contributed by atoms with Crippen LogP contribution in [-0.4, -0.2) is 29.3 Å². The number of nitrogens with zero attached hydrogens (tertiary/aromatic N) is 1. The van der Waals surface area contributed by atoms with Crippen LogP contribution >= 0.6 is 24.0 Å². The van der Waals surface area contributed by atoms with Crippen LogP contribution in [0.15, 0.2) is 71.6 Å². The number of benzene rings is 3. The molecule has 0 saturated carbocycles. The fourth-order valence-electron chi connectivity index (χ4n) is 3.75. The zero-order valence-corrected chi connectivity index (χ0v) is 21.9. The van der Waals surface area contributed by atoms with E-state index in [0.29, 0.717) is 27.3 Å². The Bertz CT molecular complexity index is 1320. The highest BCUT2D eigenvalue weighted by Crippen LogP contribution is 2.37. The van der Waals surface area contributed by atoms with E-state index in [1.54, 1.807) is 18.2 Å². The largest absolute Gasteiger partial charge is 0.490 e. The zero-order chi connectivity index (χ0) is 25.7. The second-order valence-electron chi connectivity index (χ2n) is 8.10. The van der Waals surface area contributed by atoms with Gasteiger partial charge in [-0.15, -0.1) is 0 Å². The van der Waals surface area contributed by atoms with Crippen LogP contribution in [0.5, 0.6) is 11.5 Å². The van der Waals surface area contributed by atoms with E-state index >= 15 is 0 Å². The molecular weight excluding hydrogens is 492 g/mol. The normalized spacial score (nSPS) is 14.3. The molecule has 0 aromatic heterocycles. The van der Waals surface area contributed by atoms with Crippen molar-refractivity contribution in [3.63, 3.8) is 0 Å². The first-order valence-corrected chi connectivity index (χ1v) is 12.7. The van der Waals surface area contributed by atoms with Crippen molar-refractivity contribution in [2.24, 2.45) is 0 Å². The molecule has 1 heterocycles. The number of carbonyl (C=O) groups is 2. The number of aryl methyl sites for hydroxylation is 2. The van der Waals surface area contributed by atoms with Gasteiger partial charge in [0, 0.05) is 5.69 Å². The number of para-hydroxylation sites is 2. The van der Waals surface area contributed by atoms with Crippen molar-refractivity contribution in [1.29, 1.82) is 0 Å². The third kappa shape index (κ3) is 5.78. The number of ether oxygens (including phenoxy) is 2. The molecule has 1 aliphatic heterocycles. The lowest BCUT2D eigenvalue weighted by Crippen LogP contribution is -2.27. The van der Waals surface area contributed by atoms with Gasteiger partial charge in [-0.1, -0.05) is 66.4 Å². The summed E-state index contributed by atoms with van der Waals surface area (Å²) < 4.78 is 12.0. The number of hydrogen-bond donors (Lipinski definition) is 1. The van der Waals surface area contributed by atoms with E-state index in [1.165, 1.54) is 16.7 Å². The van der Waals surface area contributed by atoms with Crippen LogP contribution in [0, 0.1) is 13.8 Å². The van der Waals surface area contributed by atoms with Gasteiger partial charge >= 0.3 is 0 Å². The first kappa shape index (κ1) is 25.5. The van der Waals surface area contributed by atoms with E-state index in [4.69, 9.17) is 21.7 Å². The smallest absolute Gasteiger partial charge is 0.270 e. The van der Waals surface area contributed by atoms with Gasteiger partial charge in [0.05, 0.1) is 17.2 Å². The summed E-state index contributed by atoms with van der Waals surface area (Å²) in [6.07, 6.45) is 1.78. The Kier molecular flexibility index (Phi) is 8.07. The van der Waals surface area contributed by atoms with E-state index in [1.807, 2.05) is 75.4 Å². The van der Waals surface area contributed by atoms with Crippen LogP contribution in [0.4, 0.5) is 11.4 Å². The summed E-state index contributed by atoms with van der Waals surface area (Å²) in [6.45, 7) is 6.02. The van der Waals surface area contributed by atoms with Crippen LogP contribution in [0.1, 0.15) is 23.6 Å². The van der Waals surface area contributed by atoms with E-state index in [2.05, 4.69) is 5.32 Å². The number of amides is 2. The fraction of sp³-hybridized carbons (Fsp3) is 0.179. The number of rotatable bonds is 8. The van der Waals surface area contributed by atoms with E-state index in [0.717, 1.165) is 28.1 Å². The molecule has 1 fully saturated rings. The number of nitrogens with one attached hydrogen (secondary N) is 1. The second kappa shape index (κ2) is 11.4. The molecule has 1 N–H and O–H groups in total. The second-order valence-corrected chi connectivity index (χ2v) is 9.77.